The minimum Gasteiger partial charge on any atom is -0.481 e. The van der Waals surface area contributed by atoms with Crippen LogP contribution in [0.5, 0.6) is 0 Å². The Morgan fingerprint density at radius 3 is 2.70 bits per heavy atom. The van der Waals surface area contributed by atoms with Crippen LogP contribution in [-0.4, -0.2) is 27.4 Å². The van der Waals surface area contributed by atoms with E-state index in [1.54, 1.807) is 4.68 Å². The van der Waals surface area contributed by atoms with Crippen molar-refractivity contribution < 1.29 is 9.90 Å². The lowest BCUT2D eigenvalue weighted by Crippen LogP contribution is -2.18. The lowest BCUT2D eigenvalue weighted by molar-refractivity contribution is -0.136. The molecule has 2 aromatic rings. The van der Waals surface area contributed by atoms with Gasteiger partial charge in [0.1, 0.15) is 0 Å². The average molecular weight is 273 g/mol. The maximum atomic E-state index is 10.8. The number of nitrogens with zero attached hydrogens (tertiary/aromatic N) is 2. The molecule has 0 unspecified atom stereocenters. The maximum Gasteiger partial charge on any atom is 0.307 e. The molecule has 0 bridgehead atoms. The van der Waals surface area contributed by atoms with Crippen LogP contribution in [0, 0.1) is 0 Å². The van der Waals surface area contributed by atoms with Crippen LogP contribution >= 0.6 is 0 Å². The Morgan fingerprint density at radius 2 is 2.05 bits per heavy atom. The number of aliphatic carboxylic acids is 1. The molecule has 20 heavy (non-hydrogen) atoms. The summed E-state index contributed by atoms with van der Waals surface area (Å²) >= 11 is 0. The number of carbonyl (C=O) groups is 1. The fourth-order valence-electron chi connectivity index (χ4n) is 2.10. The van der Waals surface area contributed by atoms with Crippen LogP contribution in [0.25, 0.3) is 0 Å². The van der Waals surface area contributed by atoms with Gasteiger partial charge in [0.25, 0.3) is 0 Å². The first-order chi connectivity index (χ1) is 9.65. The molecule has 0 fully saturated rings. The summed E-state index contributed by atoms with van der Waals surface area (Å²) in [4.78, 5) is 10.8. The molecule has 1 heterocycles. The van der Waals surface area contributed by atoms with Crippen LogP contribution < -0.4 is 5.32 Å². The third-order valence-corrected chi connectivity index (χ3v) is 3.10. The molecular weight excluding hydrogens is 254 g/mol. The highest BCUT2D eigenvalue weighted by Crippen LogP contribution is 2.09. The van der Waals surface area contributed by atoms with Gasteiger partial charge in [-0.3, -0.25) is 9.48 Å². The molecule has 0 atom stereocenters. The van der Waals surface area contributed by atoms with Crippen molar-refractivity contribution in [1.82, 2.24) is 15.1 Å². The number of aromatic nitrogens is 2. The van der Waals surface area contributed by atoms with Gasteiger partial charge < -0.3 is 10.4 Å². The van der Waals surface area contributed by atoms with Gasteiger partial charge in [-0.05, 0) is 17.2 Å². The molecule has 0 aliphatic carbocycles. The van der Waals surface area contributed by atoms with E-state index in [-0.39, 0.29) is 6.42 Å². The SMILES string of the molecule is Cn1ccc(CCNCc2ccccc2CC(=O)O)n1. The second kappa shape index (κ2) is 6.86. The molecule has 0 spiro atoms. The molecule has 0 aliphatic heterocycles. The largest absolute Gasteiger partial charge is 0.481 e. The summed E-state index contributed by atoms with van der Waals surface area (Å²) in [6.45, 7) is 1.49. The number of carboxylic acids is 1. The van der Waals surface area contributed by atoms with E-state index >= 15 is 0 Å². The standard InChI is InChI=1S/C15H19N3O2/c1-18-9-7-14(17-18)6-8-16-11-13-5-3-2-4-12(13)10-15(19)20/h2-5,7,9,16H,6,8,10-11H2,1H3,(H,19,20). The van der Waals surface area contributed by atoms with E-state index in [0.717, 1.165) is 29.8 Å². The van der Waals surface area contributed by atoms with Gasteiger partial charge in [0.15, 0.2) is 0 Å². The molecule has 1 aromatic heterocycles. The van der Waals surface area contributed by atoms with Crippen molar-refractivity contribution in [3.05, 3.63) is 53.3 Å². The van der Waals surface area contributed by atoms with Crippen LogP contribution in [0.1, 0.15) is 16.8 Å². The molecular formula is C15H19N3O2. The molecule has 2 rings (SSSR count). The molecule has 5 heteroatoms. The highest BCUT2D eigenvalue weighted by Gasteiger charge is 2.05. The van der Waals surface area contributed by atoms with Crippen molar-refractivity contribution in [1.29, 1.82) is 0 Å². The van der Waals surface area contributed by atoms with E-state index in [2.05, 4.69) is 10.4 Å². The highest BCUT2D eigenvalue weighted by atomic mass is 16.4. The summed E-state index contributed by atoms with van der Waals surface area (Å²) in [5.74, 6) is -0.800. The molecule has 0 saturated heterocycles. The fourth-order valence-corrected chi connectivity index (χ4v) is 2.10. The van der Waals surface area contributed by atoms with Crippen LogP contribution in [0.15, 0.2) is 36.5 Å². The molecule has 0 saturated carbocycles. The number of rotatable bonds is 7. The topological polar surface area (TPSA) is 67.2 Å². The highest BCUT2D eigenvalue weighted by molar-refractivity contribution is 5.70. The van der Waals surface area contributed by atoms with Crippen LogP contribution in [0.3, 0.4) is 0 Å². The third-order valence-electron chi connectivity index (χ3n) is 3.10. The molecule has 5 nitrogen and oxygen atoms in total. The number of hydrogen-bond acceptors (Lipinski definition) is 3. The van der Waals surface area contributed by atoms with Crippen LogP contribution in [-0.2, 0) is 31.2 Å². The van der Waals surface area contributed by atoms with Gasteiger partial charge in [-0.1, -0.05) is 24.3 Å². The van der Waals surface area contributed by atoms with Crippen molar-refractivity contribution in [3.8, 4) is 0 Å². The van der Waals surface area contributed by atoms with Crippen LogP contribution in [0.2, 0.25) is 0 Å². The minimum absolute atomic E-state index is 0.0676. The number of nitrogens with one attached hydrogen (secondary N) is 1. The predicted octanol–water partition coefficient (Wildman–Crippen LogP) is 1.38. The summed E-state index contributed by atoms with van der Waals surface area (Å²) in [6, 6.07) is 9.63. The van der Waals surface area contributed by atoms with E-state index in [9.17, 15) is 4.79 Å². The van der Waals surface area contributed by atoms with Gasteiger partial charge in [-0.2, -0.15) is 5.10 Å². The van der Waals surface area contributed by atoms with E-state index < -0.39 is 5.97 Å². The summed E-state index contributed by atoms with van der Waals surface area (Å²) in [6.07, 6.45) is 2.86. The van der Waals surface area contributed by atoms with Gasteiger partial charge in [-0.25, -0.2) is 0 Å². The summed E-state index contributed by atoms with van der Waals surface area (Å²) < 4.78 is 1.79. The zero-order valence-electron chi connectivity index (χ0n) is 11.5. The number of carboxylic acid groups (broad SMARTS) is 1. The first kappa shape index (κ1) is 14.3. The van der Waals surface area contributed by atoms with Crippen molar-refractivity contribution in [2.75, 3.05) is 6.54 Å². The van der Waals surface area contributed by atoms with Crippen molar-refractivity contribution in [2.24, 2.45) is 7.05 Å². The van der Waals surface area contributed by atoms with E-state index in [4.69, 9.17) is 5.11 Å². The van der Waals surface area contributed by atoms with Gasteiger partial charge in [0.2, 0.25) is 0 Å². The Bertz CT molecular complexity index is 578. The van der Waals surface area contributed by atoms with Gasteiger partial charge in [-0.15, -0.1) is 0 Å². The Balaban J connectivity index is 1.83. The second-order valence-electron chi connectivity index (χ2n) is 4.75. The van der Waals surface area contributed by atoms with E-state index in [1.807, 2.05) is 43.6 Å². The summed E-state index contributed by atoms with van der Waals surface area (Å²) in [5, 5.41) is 16.5. The smallest absolute Gasteiger partial charge is 0.307 e. The fraction of sp³-hybridized carbons (Fsp3) is 0.333. The van der Waals surface area contributed by atoms with E-state index in [1.165, 1.54) is 0 Å². The first-order valence-electron chi connectivity index (χ1n) is 6.63. The second-order valence-corrected chi connectivity index (χ2v) is 4.75. The van der Waals surface area contributed by atoms with Crippen molar-refractivity contribution in [3.63, 3.8) is 0 Å². The summed E-state index contributed by atoms with van der Waals surface area (Å²) in [5.41, 5.74) is 2.96. The van der Waals surface area contributed by atoms with Crippen molar-refractivity contribution >= 4 is 5.97 Å². The Hall–Kier alpha value is -2.14. The zero-order valence-corrected chi connectivity index (χ0v) is 11.5. The molecule has 0 radical (unpaired) electrons. The molecule has 2 N–H and O–H groups in total. The molecule has 106 valence electrons. The maximum absolute atomic E-state index is 10.8. The first-order valence-corrected chi connectivity index (χ1v) is 6.63. The van der Waals surface area contributed by atoms with Gasteiger partial charge in [0.05, 0.1) is 12.1 Å². The molecule has 0 amide bonds. The Kier molecular flexibility index (Phi) is 4.90. The summed E-state index contributed by atoms with van der Waals surface area (Å²) in [7, 11) is 1.90. The quantitative estimate of drug-likeness (QED) is 0.748. The number of benzene rings is 1. The van der Waals surface area contributed by atoms with Crippen LogP contribution in [0.4, 0.5) is 0 Å². The third kappa shape index (κ3) is 4.20. The normalized spacial score (nSPS) is 10.7. The molecule has 1 aromatic carbocycles. The number of aryl methyl sites for hydroxylation is 1. The Labute approximate surface area is 118 Å². The average Bonchev–Trinajstić information content (AvgIpc) is 2.81. The van der Waals surface area contributed by atoms with Crippen molar-refractivity contribution in [2.45, 2.75) is 19.4 Å². The minimum atomic E-state index is -0.800. The van der Waals surface area contributed by atoms with Gasteiger partial charge in [0, 0.05) is 32.8 Å². The van der Waals surface area contributed by atoms with Gasteiger partial charge >= 0.3 is 5.97 Å². The zero-order chi connectivity index (χ0) is 14.4. The number of hydrogen-bond donors (Lipinski definition) is 2. The lowest BCUT2D eigenvalue weighted by Gasteiger charge is -2.08. The monoisotopic (exact) mass is 273 g/mol. The predicted molar refractivity (Wildman–Crippen MR) is 76.4 cm³/mol. The van der Waals surface area contributed by atoms with E-state index in [0.29, 0.717) is 6.54 Å². The molecule has 0 aliphatic rings. The lowest BCUT2D eigenvalue weighted by atomic mass is 10.0. The Morgan fingerprint density at radius 1 is 1.30 bits per heavy atom.